The first-order valence-corrected chi connectivity index (χ1v) is 8.75. The van der Waals surface area contributed by atoms with Gasteiger partial charge in [-0.1, -0.05) is 30.3 Å². The van der Waals surface area contributed by atoms with E-state index in [9.17, 15) is 5.26 Å². The SMILES string of the molecule is C[C@]1(C#N)CC2(O1)[C@@H]1CC3C[C@H]2CC(c2ccccc2)(C3)C1. The second kappa shape index (κ2) is 3.95. The molecular formula is C20H23NO. The fourth-order valence-corrected chi connectivity index (χ4v) is 6.66. The number of rotatable bonds is 1. The molecular weight excluding hydrogens is 270 g/mol. The van der Waals surface area contributed by atoms with Gasteiger partial charge in [-0.05, 0) is 67.8 Å². The molecule has 4 bridgehead atoms. The van der Waals surface area contributed by atoms with E-state index in [0.717, 1.165) is 12.3 Å². The van der Waals surface area contributed by atoms with Gasteiger partial charge in [0.1, 0.15) is 0 Å². The summed E-state index contributed by atoms with van der Waals surface area (Å²) in [6.07, 6.45) is 7.52. The highest BCUT2D eigenvalue weighted by Crippen LogP contribution is 2.69. The van der Waals surface area contributed by atoms with Gasteiger partial charge in [-0.2, -0.15) is 5.26 Å². The van der Waals surface area contributed by atoms with Gasteiger partial charge >= 0.3 is 0 Å². The molecule has 1 saturated heterocycles. The lowest BCUT2D eigenvalue weighted by molar-refractivity contribution is -0.328. The third-order valence-electron chi connectivity index (χ3n) is 7.22. The summed E-state index contributed by atoms with van der Waals surface area (Å²) >= 11 is 0. The highest BCUT2D eigenvalue weighted by atomic mass is 16.6. The Hall–Kier alpha value is -1.33. The van der Waals surface area contributed by atoms with E-state index >= 15 is 0 Å². The van der Waals surface area contributed by atoms with E-state index in [1.165, 1.54) is 32.1 Å². The van der Waals surface area contributed by atoms with Gasteiger partial charge in [0, 0.05) is 6.42 Å². The lowest BCUT2D eigenvalue weighted by Gasteiger charge is -2.70. The van der Waals surface area contributed by atoms with Gasteiger partial charge in [-0.3, -0.25) is 0 Å². The molecule has 22 heavy (non-hydrogen) atoms. The van der Waals surface area contributed by atoms with Crippen LogP contribution < -0.4 is 0 Å². The van der Waals surface area contributed by atoms with Crippen molar-refractivity contribution in [1.82, 2.24) is 0 Å². The van der Waals surface area contributed by atoms with Crippen molar-refractivity contribution in [2.24, 2.45) is 17.8 Å². The summed E-state index contributed by atoms with van der Waals surface area (Å²) in [5, 5.41) is 9.34. The Kier molecular flexibility index (Phi) is 2.36. The molecule has 3 unspecified atom stereocenters. The van der Waals surface area contributed by atoms with Crippen LogP contribution in [-0.2, 0) is 10.2 Å². The minimum absolute atomic E-state index is 0.0413. The van der Waals surface area contributed by atoms with Crippen LogP contribution in [0.25, 0.3) is 0 Å². The Bertz CT molecular complexity index is 634. The van der Waals surface area contributed by atoms with E-state index in [4.69, 9.17) is 4.74 Å². The monoisotopic (exact) mass is 293 g/mol. The summed E-state index contributed by atoms with van der Waals surface area (Å²) in [4.78, 5) is 0. The predicted octanol–water partition coefficient (Wildman–Crippen LogP) is 4.21. The lowest BCUT2D eigenvalue weighted by atomic mass is 9.41. The van der Waals surface area contributed by atoms with E-state index in [0.29, 0.717) is 17.3 Å². The number of ether oxygens (including phenoxy) is 1. The van der Waals surface area contributed by atoms with Crippen molar-refractivity contribution < 1.29 is 4.74 Å². The van der Waals surface area contributed by atoms with Crippen LogP contribution in [0.4, 0.5) is 0 Å². The first kappa shape index (κ1) is 13.1. The maximum absolute atomic E-state index is 9.34. The molecule has 0 radical (unpaired) electrons. The molecule has 1 aromatic rings. The van der Waals surface area contributed by atoms with E-state index in [1.807, 2.05) is 6.92 Å². The zero-order chi connectivity index (χ0) is 15.0. The summed E-state index contributed by atoms with van der Waals surface area (Å²) in [6.45, 7) is 1.97. The Morgan fingerprint density at radius 1 is 1.09 bits per heavy atom. The minimum Gasteiger partial charge on any atom is -0.353 e. The van der Waals surface area contributed by atoms with Crippen LogP contribution in [0.1, 0.15) is 51.0 Å². The fourth-order valence-electron chi connectivity index (χ4n) is 6.66. The standard InChI is InChI=1S/C20H23NO/c1-18(13-21)12-20(22-18)16-7-14-8-17(20)11-19(9-14,10-16)15-5-3-2-4-6-15/h2-6,14,16-17H,7-12H2,1H3/t14?,16-,17+,18-,19?,20?/m1/s1. The van der Waals surface area contributed by atoms with E-state index in [2.05, 4.69) is 36.4 Å². The van der Waals surface area contributed by atoms with E-state index < -0.39 is 5.60 Å². The Morgan fingerprint density at radius 2 is 1.73 bits per heavy atom. The zero-order valence-corrected chi connectivity index (χ0v) is 13.2. The summed E-state index contributed by atoms with van der Waals surface area (Å²) < 4.78 is 6.36. The van der Waals surface area contributed by atoms with Crippen molar-refractivity contribution in [2.75, 3.05) is 0 Å². The first-order valence-electron chi connectivity index (χ1n) is 8.75. The predicted molar refractivity (Wildman–Crippen MR) is 84.1 cm³/mol. The smallest absolute Gasteiger partial charge is 0.155 e. The van der Waals surface area contributed by atoms with Gasteiger partial charge in [0.05, 0.1) is 11.7 Å². The molecule has 0 aromatic heterocycles. The van der Waals surface area contributed by atoms with Crippen LogP contribution >= 0.6 is 0 Å². The molecule has 5 aliphatic rings. The quantitative estimate of drug-likeness (QED) is 0.777. The Labute approximate surface area is 132 Å². The molecule has 1 aliphatic heterocycles. The third-order valence-corrected chi connectivity index (χ3v) is 7.22. The first-order chi connectivity index (χ1) is 10.6. The third kappa shape index (κ3) is 1.48. The average Bonchev–Trinajstić information content (AvgIpc) is 2.50. The van der Waals surface area contributed by atoms with Crippen LogP contribution in [0.15, 0.2) is 30.3 Å². The number of benzene rings is 1. The van der Waals surface area contributed by atoms with Crippen molar-refractivity contribution in [3.05, 3.63) is 35.9 Å². The normalized spacial score (nSPS) is 51.5. The molecule has 4 saturated carbocycles. The van der Waals surface area contributed by atoms with Crippen molar-refractivity contribution >= 4 is 0 Å². The average molecular weight is 293 g/mol. The highest BCUT2D eigenvalue weighted by Gasteiger charge is 2.69. The molecule has 2 nitrogen and oxygen atoms in total. The molecule has 0 N–H and O–H groups in total. The molecule has 6 atom stereocenters. The van der Waals surface area contributed by atoms with Crippen molar-refractivity contribution in [3.8, 4) is 6.07 Å². The van der Waals surface area contributed by atoms with Crippen LogP contribution in [0, 0.1) is 29.1 Å². The minimum atomic E-state index is -0.519. The number of nitrogens with zero attached hydrogens (tertiary/aromatic N) is 1. The number of hydrogen-bond acceptors (Lipinski definition) is 2. The molecule has 6 rings (SSSR count). The van der Waals surface area contributed by atoms with Crippen LogP contribution in [0.5, 0.6) is 0 Å². The Balaban J connectivity index is 1.51. The maximum Gasteiger partial charge on any atom is 0.155 e. The van der Waals surface area contributed by atoms with Crippen LogP contribution in [-0.4, -0.2) is 11.2 Å². The maximum atomic E-state index is 9.34. The van der Waals surface area contributed by atoms with E-state index in [1.54, 1.807) is 5.56 Å². The van der Waals surface area contributed by atoms with Crippen LogP contribution in [0.2, 0.25) is 0 Å². The fraction of sp³-hybridized carbons (Fsp3) is 0.650. The number of hydrogen-bond donors (Lipinski definition) is 0. The second-order valence-corrected chi connectivity index (χ2v) is 8.57. The summed E-state index contributed by atoms with van der Waals surface area (Å²) in [6, 6.07) is 13.6. The van der Waals surface area contributed by atoms with Crippen molar-refractivity contribution in [1.29, 1.82) is 5.26 Å². The second-order valence-electron chi connectivity index (χ2n) is 8.57. The van der Waals surface area contributed by atoms with E-state index in [-0.39, 0.29) is 5.60 Å². The molecule has 1 spiro atoms. The zero-order valence-electron chi connectivity index (χ0n) is 13.2. The van der Waals surface area contributed by atoms with Crippen molar-refractivity contribution in [3.63, 3.8) is 0 Å². The summed E-state index contributed by atoms with van der Waals surface area (Å²) in [5.41, 5.74) is 1.46. The summed E-state index contributed by atoms with van der Waals surface area (Å²) in [5.74, 6) is 2.21. The lowest BCUT2D eigenvalue weighted by Crippen LogP contribution is -2.72. The topological polar surface area (TPSA) is 33.0 Å². The van der Waals surface area contributed by atoms with Gasteiger partial charge in [0.2, 0.25) is 0 Å². The molecule has 4 aliphatic carbocycles. The van der Waals surface area contributed by atoms with Crippen LogP contribution in [0.3, 0.4) is 0 Å². The van der Waals surface area contributed by atoms with Gasteiger partial charge in [0.25, 0.3) is 0 Å². The van der Waals surface area contributed by atoms with Gasteiger partial charge < -0.3 is 4.74 Å². The Morgan fingerprint density at radius 3 is 2.32 bits per heavy atom. The largest absolute Gasteiger partial charge is 0.353 e. The molecule has 5 fully saturated rings. The van der Waals surface area contributed by atoms with Gasteiger partial charge in [0.15, 0.2) is 5.60 Å². The van der Waals surface area contributed by atoms with Gasteiger partial charge in [-0.15, -0.1) is 0 Å². The molecule has 1 heterocycles. The summed E-state index contributed by atoms with van der Waals surface area (Å²) in [7, 11) is 0. The highest BCUT2D eigenvalue weighted by molar-refractivity contribution is 5.33. The molecule has 114 valence electrons. The van der Waals surface area contributed by atoms with Gasteiger partial charge in [-0.25, -0.2) is 0 Å². The van der Waals surface area contributed by atoms with Crippen molar-refractivity contribution in [2.45, 2.75) is 62.1 Å². The number of nitriles is 1. The molecule has 0 amide bonds. The molecule has 1 aromatic carbocycles. The molecule has 2 heteroatoms.